The number of nitrogens with one attached hydrogen (secondary N) is 2. The number of amides is 1. The Morgan fingerprint density at radius 2 is 2.17 bits per heavy atom. The van der Waals surface area contributed by atoms with Crippen molar-refractivity contribution in [2.75, 3.05) is 20.1 Å². The normalized spacial score (nSPS) is 25.1. The molecule has 1 unspecified atom stereocenters. The molecule has 0 aliphatic heterocycles. The summed E-state index contributed by atoms with van der Waals surface area (Å²) in [5, 5.41) is 5.72. The summed E-state index contributed by atoms with van der Waals surface area (Å²) in [6.45, 7) is 5.74. The van der Waals surface area contributed by atoms with Crippen LogP contribution in [-0.4, -0.2) is 26.0 Å². The summed E-state index contributed by atoms with van der Waals surface area (Å²) < 4.78 is 0. The van der Waals surface area contributed by atoms with Gasteiger partial charge in [0, 0.05) is 6.54 Å². The van der Waals surface area contributed by atoms with Gasteiger partial charge in [-0.2, -0.15) is 0 Å². The van der Waals surface area contributed by atoms with Crippen molar-refractivity contribution in [2.24, 2.45) is 11.3 Å². The summed E-state index contributed by atoms with van der Waals surface area (Å²) >= 11 is 0. The highest BCUT2D eigenvalue weighted by molar-refractivity contribution is 5.77. The molecule has 1 fully saturated rings. The number of carbonyl (C=O) groups excluding carboxylic acids is 1. The molecule has 1 rings (SSSR count). The summed E-state index contributed by atoms with van der Waals surface area (Å²) in [7, 11) is 1.78. The Labute approximate surface area is 73.9 Å². The molecule has 1 atom stereocenters. The third-order valence-electron chi connectivity index (χ3n) is 2.60. The van der Waals surface area contributed by atoms with Gasteiger partial charge in [-0.1, -0.05) is 13.8 Å². The molecule has 3 nitrogen and oxygen atoms in total. The summed E-state index contributed by atoms with van der Waals surface area (Å²) in [5.74, 6) is 0.790. The third-order valence-corrected chi connectivity index (χ3v) is 2.60. The van der Waals surface area contributed by atoms with Gasteiger partial charge in [-0.25, -0.2) is 0 Å². The minimum absolute atomic E-state index is 0.0974. The fraction of sp³-hybridized carbons (Fsp3) is 0.889. The van der Waals surface area contributed by atoms with Gasteiger partial charge in [-0.15, -0.1) is 0 Å². The topological polar surface area (TPSA) is 41.1 Å². The van der Waals surface area contributed by atoms with Crippen LogP contribution in [0.25, 0.3) is 0 Å². The van der Waals surface area contributed by atoms with E-state index in [1.54, 1.807) is 7.05 Å². The largest absolute Gasteiger partial charge is 0.355 e. The Hall–Kier alpha value is -0.570. The van der Waals surface area contributed by atoms with Crippen LogP contribution in [0.5, 0.6) is 0 Å². The van der Waals surface area contributed by atoms with Gasteiger partial charge in [0.05, 0.1) is 6.54 Å². The first kappa shape index (κ1) is 9.52. The second kappa shape index (κ2) is 3.44. The molecule has 12 heavy (non-hydrogen) atoms. The van der Waals surface area contributed by atoms with E-state index in [9.17, 15) is 4.79 Å². The van der Waals surface area contributed by atoms with Crippen molar-refractivity contribution in [2.45, 2.75) is 20.3 Å². The van der Waals surface area contributed by atoms with E-state index in [0.717, 1.165) is 6.54 Å². The lowest BCUT2D eigenvalue weighted by atomic mass is 10.1. The lowest BCUT2D eigenvalue weighted by Crippen LogP contribution is -2.33. The van der Waals surface area contributed by atoms with E-state index in [2.05, 4.69) is 24.5 Å². The summed E-state index contributed by atoms with van der Waals surface area (Å²) in [4.78, 5) is 11.0. The van der Waals surface area contributed by atoms with Crippen LogP contribution in [0.4, 0.5) is 0 Å². The van der Waals surface area contributed by atoms with Crippen LogP contribution in [0.2, 0.25) is 0 Å². The van der Waals surface area contributed by atoms with Crippen LogP contribution >= 0.6 is 0 Å². The van der Waals surface area contributed by atoms with E-state index in [4.69, 9.17) is 0 Å². The van der Waals surface area contributed by atoms with Crippen molar-refractivity contribution in [1.82, 2.24) is 10.6 Å². The highest BCUT2D eigenvalue weighted by atomic mass is 16.1. The lowest BCUT2D eigenvalue weighted by Gasteiger charge is -2.05. The molecule has 0 saturated heterocycles. The molecule has 1 aliphatic rings. The maximum absolute atomic E-state index is 11.0. The Morgan fingerprint density at radius 3 is 2.58 bits per heavy atom. The summed E-state index contributed by atoms with van der Waals surface area (Å²) in [6.07, 6.45) is 1.24. The van der Waals surface area contributed by atoms with Gasteiger partial charge in [-0.3, -0.25) is 4.79 Å². The molecule has 1 amide bonds. The SMILES string of the molecule is CNCC(=O)NCC1CC1(C)C. The second-order valence-corrected chi connectivity index (χ2v) is 4.22. The van der Waals surface area contributed by atoms with Crippen LogP contribution in [0, 0.1) is 11.3 Å². The number of carbonyl (C=O) groups is 1. The quantitative estimate of drug-likeness (QED) is 0.640. The molecule has 0 aromatic carbocycles. The molecule has 0 aromatic rings. The summed E-state index contributed by atoms with van der Waals surface area (Å²) in [5.41, 5.74) is 0.465. The Balaban J connectivity index is 2.07. The minimum Gasteiger partial charge on any atom is -0.355 e. The van der Waals surface area contributed by atoms with Gasteiger partial charge in [-0.05, 0) is 24.8 Å². The van der Waals surface area contributed by atoms with Crippen molar-refractivity contribution < 1.29 is 4.79 Å². The molecule has 2 N–H and O–H groups in total. The average molecular weight is 170 g/mol. The van der Waals surface area contributed by atoms with Gasteiger partial charge >= 0.3 is 0 Å². The molecule has 0 heterocycles. The maximum Gasteiger partial charge on any atom is 0.233 e. The molecular weight excluding hydrogens is 152 g/mol. The summed E-state index contributed by atoms with van der Waals surface area (Å²) in [6, 6.07) is 0. The van der Waals surface area contributed by atoms with Crippen LogP contribution in [-0.2, 0) is 4.79 Å². The predicted octanol–water partition coefficient (Wildman–Crippen LogP) is 0.368. The molecule has 3 heteroatoms. The van der Waals surface area contributed by atoms with E-state index >= 15 is 0 Å². The molecule has 0 aromatic heterocycles. The zero-order valence-corrected chi connectivity index (χ0v) is 8.11. The van der Waals surface area contributed by atoms with Crippen molar-refractivity contribution in [3.8, 4) is 0 Å². The average Bonchev–Trinajstić information content (AvgIpc) is 2.56. The van der Waals surface area contributed by atoms with Crippen LogP contribution in [0.1, 0.15) is 20.3 Å². The van der Waals surface area contributed by atoms with Crippen LogP contribution in [0.15, 0.2) is 0 Å². The van der Waals surface area contributed by atoms with Gasteiger partial charge in [0.15, 0.2) is 0 Å². The fourth-order valence-corrected chi connectivity index (χ4v) is 1.38. The third kappa shape index (κ3) is 2.48. The van der Waals surface area contributed by atoms with Crippen LogP contribution < -0.4 is 10.6 Å². The van der Waals surface area contributed by atoms with Crippen molar-refractivity contribution >= 4 is 5.91 Å². The second-order valence-electron chi connectivity index (χ2n) is 4.22. The first-order valence-corrected chi connectivity index (χ1v) is 4.47. The number of likely N-dealkylation sites (N-methyl/N-ethyl adjacent to an activating group) is 1. The molecular formula is C9H18N2O. The molecule has 0 bridgehead atoms. The predicted molar refractivity (Wildman–Crippen MR) is 48.8 cm³/mol. The standard InChI is InChI=1S/C9H18N2O/c1-9(2)4-7(9)5-11-8(12)6-10-3/h7,10H,4-6H2,1-3H3,(H,11,12). The van der Waals surface area contributed by atoms with E-state index in [1.165, 1.54) is 6.42 Å². The molecule has 1 aliphatic carbocycles. The first-order chi connectivity index (χ1) is 5.56. The Bertz CT molecular complexity index is 177. The molecule has 0 radical (unpaired) electrons. The van der Waals surface area contributed by atoms with E-state index in [1.807, 2.05) is 0 Å². The molecule has 0 spiro atoms. The number of hydrogen-bond acceptors (Lipinski definition) is 2. The molecule has 1 saturated carbocycles. The van der Waals surface area contributed by atoms with Gasteiger partial charge in [0.2, 0.25) is 5.91 Å². The highest BCUT2D eigenvalue weighted by Gasteiger charge is 2.45. The number of rotatable bonds is 4. The van der Waals surface area contributed by atoms with E-state index in [0.29, 0.717) is 17.9 Å². The van der Waals surface area contributed by atoms with Crippen LogP contribution in [0.3, 0.4) is 0 Å². The first-order valence-electron chi connectivity index (χ1n) is 4.47. The van der Waals surface area contributed by atoms with Gasteiger partial charge in [0.1, 0.15) is 0 Å². The zero-order chi connectivity index (χ0) is 9.19. The smallest absolute Gasteiger partial charge is 0.233 e. The highest BCUT2D eigenvalue weighted by Crippen LogP contribution is 2.50. The van der Waals surface area contributed by atoms with E-state index in [-0.39, 0.29) is 5.91 Å². The van der Waals surface area contributed by atoms with Crippen molar-refractivity contribution in [1.29, 1.82) is 0 Å². The Morgan fingerprint density at radius 1 is 1.58 bits per heavy atom. The van der Waals surface area contributed by atoms with Crippen molar-refractivity contribution in [3.63, 3.8) is 0 Å². The lowest BCUT2D eigenvalue weighted by molar-refractivity contribution is -0.120. The molecule has 70 valence electrons. The minimum atomic E-state index is 0.0974. The van der Waals surface area contributed by atoms with Crippen molar-refractivity contribution in [3.05, 3.63) is 0 Å². The monoisotopic (exact) mass is 170 g/mol. The maximum atomic E-state index is 11.0. The zero-order valence-electron chi connectivity index (χ0n) is 8.11. The van der Waals surface area contributed by atoms with E-state index < -0.39 is 0 Å². The van der Waals surface area contributed by atoms with Gasteiger partial charge in [0.25, 0.3) is 0 Å². The fourth-order valence-electron chi connectivity index (χ4n) is 1.38. The number of hydrogen-bond donors (Lipinski definition) is 2. The van der Waals surface area contributed by atoms with Gasteiger partial charge < -0.3 is 10.6 Å². The Kier molecular flexibility index (Phi) is 2.73.